The van der Waals surface area contributed by atoms with Crippen LogP contribution in [0.2, 0.25) is 5.02 Å². The number of morpholine rings is 1. The molecule has 0 radical (unpaired) electrons. The van der Waals surface area contributed by atoms with Crippen LogP contribution in [0.4, 0.5) is 0 Å². The molecular formula is C11H12ClNO4S. The van der Waals surface area contributed by atoms with Crippen molar-refractivity contribution in [2.45, 2.75) is 12.5 Å². The van der Waals surface area contributed by atoms with Crippen LogP contribution in [0.5, 0.6) is 0 Å². The minimum absolute atomic E-state index is 0.116. The Morgan fingerprint density at radius 2 is 2.39 bits per heavy atom. The molecule has 0 bridgehead atoms. The van der Waals surface area contributed by atoms with Gasteiger partial charge in [0.25, 0.3) is 5.91 Å². The lowest BCUT2D eigenvalue weighted by Gasteiger charge is -2.34. The van der Waals surface area contributed by atoms with Crippen LogP contribution < -0.4 is 0 Å². The van der Waals surface area contributed by atoms with Gasteiger partial charge in [0.1, 0.15) is 4.88 Å². The first-order chi connectivity index (χ1) is 8.59. The molecule has 1 aliphatic heterocycles. The molecule has 0 unspecified atom stereocenters. The van der Waals surface area contributed by atoms with Crippen LogP contribution >= 0.6 is 22.9 Å². The first kappa shape index (κ1) is 13.3. The predicted octanol–water partition coefficient (Wildman–Crippen LogP) is 1.72. The zero-order valence-corrected chi connectivity index (χ0v) is 11.0. The average Bonchev–Trinajstić information content (AvgIpc) is 2.74. The maximum atomic E-state index is 12.3. The first-order valence-electron chi connectivity index (χ1n) is 5.43. The summed E-state index contributed by atoms with van der Waals surface area (Å²) in [5, 5.41) is 11.0. The SMILES string of the molecule is O=C(O)C[C@@H]1COCCN1C(=O)c1sccc1Cl. The van der Waals surface area contributed by atoms with Crippen LogP contribution in [0.25, 0.3) is 0 Å². The van der Waals surface area contributed by atoms with Crippen LogP contribution in [0.1, 0.15) is 16.1 Å². The third-order valence-electron chi connectivity index (χ3n) is 2.71. The standard InChI is InChI=1S/C11H12ClNO4S/c12-8-1-4-18-10(8)11(16)13-2-3-17-6-7(13)5-9(14)15/h1,4,7H,2-3,5-6H2,(H,14,15)/t7-/m1/s1. The number of carboxylic acid groups (broad SMARTS) is 1. The van der Waals surface area contributed by atoms with Crippen LogP contribution in [0.3, 0.4) is 0 Å². The minimum Gasteiger partial charge on any atom is -0.481 e. The normalized spacial score (nSPS) is 19.8. The second-order valence-electron chi connectivity index (χ2n) is 3.92. The highest BCUT2D eigenvalue weighted by Gasteiger charge is 2.31. The van der Waals surface area contributed by atoms with Crippen molar-refractivity contribution < 1.29 is 19.4 Å². The Bertz CT molecular complexity index is 462. The van der Waals surface area contributed by atoms with E-state index in [1.807, 2.05) is 0 Å². The fraction of sp³-hybridized carbons (Fsp3) is 0.455. The fourth-order valence-corrected chi connectivity index (χ4v) is 2.96. The van der Waals surface area contributed by atoms with E-state index in [1.54, 1.807) is 11.4 Å². The summed E-state index contributed by atoms with van der Waals surface area (Å²) in [7, 11) is 0. The molecule has 0 spiro atoms. The molecule has 1 N–H and O–H groups in total. The Morgan fingerprint density at radius 3 is 3.00 bits per heavy atom. The van der Waals surface area contributed by atoms with Crippen LogP contribution in [0.15, 0.2) is 11.4 Å². The monoisotopic (exact) mass is 289 g/mol. The van der Waals surface area contributed by atoms with E-state index in [2.05, 4.69) is 0 Å². The van der Waals surface area contributed by atoms with Crippen molar-refractivity contribution in [2.75, 3.05) is 19.8 Å². The Balaban J connectivity index is 2.16. The number of hydrogen-bond acceptors (Lipinski definition) is 4. The van der Waals surface area contributed by atoms with E-state index >= 15 is 0 Å². The molecule has 2 rings (SSSR count). The molecule has 1 aliphatic rings. The van der Waals surface area contributed by atoms with Crippen molar-refractivity contribution in [2.24, 2.45) is 0 Å². The minimum atomic E-state index is -0.944. The van der Waals surface area contributed by atoms with Crippen molar-refractivity contribution >= 4 is 34.8 Å². The van der Waals surface area contributed by atoms with Gasteiger partial charge in [-0.25, -0.2) is 0 Å². The molecule has 2 heterocycles. The van der Waals surface area contributed by atoms with E-state index in [-0.39, 0.29) is 18.9 Å². The molecular weight excluding hydrogens is 278 g/mol. The fourth-order valence-electron chi connectivity index (χ4n) is 1.87. The summed E-state index contributed by atoms with van der Waals surface area (Å²) >= 11 is 7.18. The maximum Gasteiger partial charge on any atom is 0.305 e. The van der Waals surface area contributed by atoms with E-state index < -0.39 is 12.0 Å². The van der Waals surface area contributed by atoms with Crippen LogP contribution in [-0.2, 0) is 9.53 Å². The predicted molar refractivity (Wildman–Crippen MR) is 67.2 cm³/mol. The van der Waals surface area contributed by atoms with Gasteiger partial charge in [-0.3, -0.25) is 9.59 Å². The van der Waals surface area contributed by atoms with Gasteiger partial charge in [-0.1, -0.05) is 11.6 Å². The Kier molecular flexibility index (Phi) is 4.21. The molecule has 1 aromatic rings. The van der Waals surface area contributed by atoms with Gasteiger partial charge in [0, 0.05) is 6.54 Å². The number of thiophene rings is 1. The summed E-state index contributed by atoms with van der Waals surface area (Å²) in [6, 6.07) is 1.23. The summed E-state index contributed by atoms with van der Waals surface area (Å²) in [5.41, 5.74) is 0. The van der Waals surface area contributed by atoms with Gasteiger partial charge in [-0.2, -0.15) is 0 Å². The second kappa shape index (κ2) is 5.69. The number of aliphatic carboxylic acids is 1. The van der Waals surface area contributed by atoms with Gasteiger partial charge in [-0.15, -0.1) is 11.3 Å². The molecule has 98 valence electrons. The van der Waals surface area contributed by atoms with Crippen molar-refractivity contribution in [1.82, 2.24) is 4.90 Å². The molecule has 5 nitrogen and oxygen atoms in total. The number of amides is 1. The lowest BCUT2D eigenvalue weighted by atomic mass is 10.1. The number of rotatable bonds is 3. The van der Waals surface area contributed by atoms with Gasteiger partial charge in [-0.05, 0) is 11.4 Å². The van der Waals surface area contributed by atoms with Crippen LogP contribution in [-0.4, -0.2) is 47.7 Å². The number of carbonyl (C=O) groups excluding carboxylic acids is 1. The van der Waals surface area contributed by atoms with Gasteiger partial charge in [0.05, 0.1) is 30.7 Å². The zero-order valence-electron chi connectivity index (χ0n) is 9.47. The molecule has 0 saturated carbocycles. The smallest absolute Gasteiger partial charge is 0.305 e. The summed E-state index contributed by atoms with van der Waals surface area (Å²) in [6.45, 7) is 1.07. The van der Waals surface area contributed by atoms with E-state index in [0.29, 0.717) is 23.1 Å². The quantitative estimate of drug-likeness (QED) is 0.920. The highest BCUT2D eigenvalue weighted by Crippen LogP contribution is 2.25. The zero-order chi connectivity index (χ0) is 13.1. The van der Waals surface area contributed by atoms with Crippen molar-refractivity contribution in [1.29, 1.82) is 0 Å². The molecule has 18 heavy (non-hydrogen) atoms. The third kappa shape index (κ3) is 2.82. The van der Waals surface area contributed by atoms with Gasteiger partial charge in [0.15, 0.2) is 0 Å². The van der Waals surface area contributed by atoms with Gasteiger partial charge < -0.3 is 14.7 Å². The lowest BCUT2D eigenvalue weighted by Crippen LogP contribution is -2.49. The van der Waals surface area contributed by atoms with Gasteiger partial charge >= 0.3 is 5.97 Å². The number of hydrogen-bond donors (Lipinski definition) is 1. The largest absolute Gasteiger partial charge is 0.481 e. The Hall–Kier alpha value is -1.11. The second-order valence-corrected chi connectivity index (χ2v) is 5.25. The number of nitrogens with zero attached hydrogens (tertiary/aromatic N) is 1. The molecule has 0 aliphatic carbocycles. The summed E-state index contributed by atoms with van der Waals surface area (Å²) in [5.74, 6) is -1.16. The molecule has 7 heteroatoms. The molecule has 1 atom stereocenters. The summed E-state index contributed by atoms with van der Waals surface area (Å²) in [4.78, 5) is 25.0. The topological polar surface area (TPSA) is 66.8 Å². The number of carboxylic acids is 1. The number of carbonyl (C=O) groups is 2. The van der Waals surface area contributed by atoms with E-state index in [9.17, 15) is 9.59 Å². The Labute approximate surface area is 113 Å². The molecule has 1 aromatic heterocycles. The lowest BCUT2D eigenvalue weighted by molar-refractivity contribution is -0.139. The molecule has 1 amide bonds. The van der Waals surface area contributed by atoms with Crippen molar-refractivity contribution in [3.05, 3.63) is 21.3 Å². The van der Waals surface area contributed by atoms with E-state index in [0.717, 1.165) is 0 Å². The summed E-state index contributed by atoms with van der Waals surface area (Å²) in [6.07, 6.45) is -0.116. The van der Waals surface area contributed by atoms with Crippen molar-refractivity contribution in [3.63, 3.8) is 0 Å². The van der Waals surface area contributed by atoms with Crippen molar-refractivity contribution in [3.8, 4) is 0 Å². The first-order valence-corrected chi connectivity index (χ1v) is 6.69. The highest BCUT2D eigenvalue weighted by molar-refractivity contribution is 7.12. The van der Waals surface area contributed by atoms with E-state index in [1.165, 1.54) is 16.2 Å². The third-order valence-corrected chi connectivity index (χ3v) is 4.04. The number of halogens is 1. The van der Waals surface area contributed by atoms with E-state index in [4.69, 9.17) is 21.4 Å². The maximum absolute atomic E-state index is 12.3. The average molecular weight is 290 g/mol. The number of ether oxygens (including phenoxy) is 1. The summed E-state index contributed by atoms with van der Waals surface area (Å²) < 4.78 is 5.22. The van der Waals surface area contributed by atoms with Crippen LogP contribution in [0, 0.1) is 0 Å². The molecule has 1 saturated heterocycles. The highest BCUT2D eigenvalue weighted by atomic mass is 35.5. The Morgan fingerprint density at radius 1 is 1.61 bits per heavy atom. The van der Waals surface area contributed by atoms with Gasteiger partial charge in [0.2, 0.25) is 0 Å². The molecule has 1 fully saturated rings. The molecule has 0 aromatic carbocycles.